The molecule has 2 aromatic carbocycles. The fourth-order valence-electron chi connectivity index (χ4n) is 1.48. The SMILES string of the molecule is O=C(COc1ccc(Br)cc1Br)Nc1ccccc1Br. The van der Waals surface area contributed by atoms with E-state index in [4.69, 9.17) is 4.74 Å². The van der Waals surface area contributed by atoms with Crippen LogP contribution >= 0.6 is 47.8 Å². The third kappa shape index (κ3) is 4.33. The van der Waals surface area contributed by atoms with Crippen molar-refractivity contribution >= 4 is 59.4 Å². The van der Waals surface area contributed by atoms with Gasteiger partial charge in [-0.3, -0.25) is 4.79 Å². The molecule has 2 rings (SSSR count). The monoisotopic (exact) mass is 461 g/mol. The normalized spacial score (nSPS) is 10.2. The van der Waals surface area contributed by atoms with Gasteiger partial charge in [0.25, 0.3) is 5.91 Å². The van der Waals surface area contributed by atoms with Crippen LogP contribution in [0.2, 0.25) is 0 Å². The number of carbonyl (C=O) groups excluding carboxylic acids is 1. The summed E-state index contributed by atoms with van der Waals surface area (Å²) >= 11 is 10.1. The Bertz CT molecular complexity index is 632. The maximum absolute atomic E-state index is 11.8. The van der Waals surface area contributed by atoms with Crippen LogP contribution in [0.4, 0.5) is 5.69 Å². The molecule has 0 fully saturated rings. The number of hydrogen-bond donors (Lipinski definition) is 1. The first-order valence-corrected chi connectivity index (χ1v) is 8.06. The molecule has 0 aromatic heterocycles. The summed E-state index contributed by atoms with van der Waals surface area (Å²) in [5, 5.41) is 2.78. The summed E-state index contributed by atoms with van der Waals surface area (Å²) in [6.45, 7) is -0.0540. The molecule has 0 atom stereocenters. The molecule has 0 spiro atoms. The second kappa shape index (κ2) is 7.24. The number of amides is 1. The van der Waals surface area contributed by atoms with Crippen LogP contribution in [-0.4, -0.2) is 12.5 Å². The van der Waals surface area contributed by atoms with E-state index in [-0.39, 0.29) is 12.5 Å². The van der Waals surface area contributed by atoms with E-state index in [0.717, 1.165) is 19.1 Å². The summed E-state index contributed by atoms with van der Waals surface area (Å²) in [6.07, 6.45) is 0. The minimum Gasteiger partial charge on any atom is -0.483 e. The molecular formula is C14H10Br3NO2. The van der Waals surface area contributed by atoms with Crippen molar-refractivity contribution in [2.24, 2.45) is 0 Å². The number of nitrogens with one attached hydrogen (secondary N) is 1. The maximum atomic E-state index is 11.8. The highest BCUT2D eigenvalue weighted by Gasteiger charge is 2.08. The highest BCUT2D eigenvalue weighted by molar-refractivity contribution is 9.11. The van der Waals surface area contributed by atoms with Gasteiger partial charge in [0.2, 0.25) is 0 Å². The van der Waals surface area contributed by atoms with Crippen molar-refractivity contribution in [1.29, 1.82) is 0 Å². The van der Waals surface area contributed by atoms with Crippen molar-refractivity contribution < 1.29 is 9.53 Å². The Labute approximate surface area is 142 Å². The molecule has 0 heterocycles. The lowest BCUT2D eigenvalue weighted by Gasteiger charge is -2.10. The fourth-order valence-corrected chi connectivity index (χ4v) is 3.03. The molecular weight excluding hydrogens is 454 g/mol. The largest absolute Gasteiger partial charge is 0.483 e. The molecule has 0 bridgehead atoms. The predicted molar refractivity (Wildman–Crippen MR) is 90.1 cm³/mol. The van der Waals surface area contributed by atoms with E-state index < -0.39 is 0 Å². The van der Waals surface area contributed by atoms with Gasteiger partial charge in [0.15, 0.2) is 6.61 Å². The van der Waals surface area contributed by atoms with E-state index in [1.165, 1.54) is 0 Å². The molecule has 104 valence electrons. The van der Waals surface area contributed by atoms with Crippen molar-refractivity contribution in [3.8, 4) is 5.75 Å². The Hall–Kier alpha value is -0.850. The zero-order chi connectivity index (χ0) is 14.5. The number of halogens is 3. The van der Waals surface area contributed by atoms with Gasteiger partial charge in [0.1, 0.15) is 5.75 Å². The van der Waals surface area contributed by atoms with E-state index in [1.807, 2.05) is 36.4 Å². The number of hydrogen-bond acceptors (Lipinski definition) is 2. The first kappa shape index (κ1) is 15.5. The van der Waals surface area contributed by atoms with Crippen LogP contribution in [0.5, 0.6) is 5.75 Å². The van der Waals surface area contributed by atoms with Gasteiger partial charge in [-0.25, -0.2) is 0 Å². The summed E-state index contributed by atoms with van der Waals surface area (Å²) in [6, 6.07) is 12.9. The third-order valence-electron chi connectivity index (χ3n) is 2.40. The summed E-state index contributed by atoms with van der Waals surface area (Å²) in [7, 11) is 0. The lowest BCUT2D eigenvalue weighted by atomic mass is 10.3. The number of carbonyl (C=O) groups is 1. The first-order chi connectivity index (χ1) is 9.56. The quantitative estimate of drug-likeness (QED) is 0.693. The predicted octanol–water partition coefficient (Wildman–Crippen LogP) is 4.99. The average Bonchev–Trinajstić information content (AvgIpc) is 2.40. The fraction of sp³-hybridized carbons (Fsp3) is 0.0714. The molecule has 0 unspecified atom stereocenters. The minimum absolute atomic E-state index is 0.0540. The molecule has 0 saturated heterocycles. The van der Waals surface area contributed by atoms with Crippen molar-refractivity contribution in [2.75, 3.05) is 11.9 Å². The number of anilines is 1. The Kier molecular flexibility index (Phi) is 5.63. The standard InChI is InChI=1S/C14H10Br3NO2/c15-9-5-6-13(11(17)7-9)20-8-14(19)18-12-4-2-1-3-10(12)16/h1-7H,8H2,(H,18,19). The summed E-state index contributed by atoms with van der Waals surface area (Å²) < 4.78 is 8.03. The van der Waals surface area contributed by atoms with Crippen LogP contribution in [0, 0.1) is 0 Å². The van der Waals surface area contributed by atoms with Gasteiger partial charge in [0, 0.05) is 8.95 Å². The number of para-hydroxylation sites is 1. The van der Waals surface area contributed by atoms with Crippen LogP contribution in [0.15, 0.2) is 55.9 Å². The smallest absolute Gasteiger partial charge is 0.262 e. The number of ether oxygens (including phenoxy) is 1. The van der Waals surface area contributed by atoms with Crippen molar-refractivity contribution in [2.45, 2.75) is 0 Å². The van der Waals surface area contributed by atoms with Crippen molar-refractivity contribution in [3.05, 3.63) is 55.9 Å². The number of rotatable bonds is 4. The van der Waals surface area contributed by atoms with E-state index in [1.54, 1.807) is 6.07 Å². The Balaban J connectivity index is 1.94. The van der Waals surface area contributed by atoms with Gasteiger partial charge >= 0.3 is 0 Å². The van der Waals surface area contributed by atoms with E-state index in [2.05, 4.69) is 53.1 Å². The molecule has 0 radical (unpaired) electrons. The van der Waals surface area contributed by atoms with Crippen LogP contribution < -0.4 is 10.1 Å². The van der Waals surface area contributed by atoms with Gasteiger partial charge in [-0.15, -0.1) is 0 Å². The Morgan fingerprint density at radius 3 is 2.50 bits per heavy atom. The zero-order valence-electron chi connectivity index (χ0n) is 10.2. The summed E-state index contributed by atoms with van der Waals surface area (Å²) in [5.41, 5.74) is 0.718. The van der Waals surface area contributed by atoms with Crippen molar-refractivity contribution in [3.63, 3.8) is 0 Å². The van der Waals surface area contributed by atoms with Gasteiger partial charge in [-0.05, 0) is 62.2 Å². The average molecular weight is 464 g/mol. The van der Waals surface area contributed by atoms with E-state index in [9.17, 15) is 4.79 Å². The van der Waals surface area contributed by atoms with Crippen LogP contribution in [0.3, 0.4) is 0 Å². The number of benzene rings is 2. The molecule has 2 aromatic rings. The highest BCUT2D eigenvalue weighted by atomic mass is 79.9. The lowest BCUT2D eigenvalue weighted by Crippen LogP contribution is -2.20. The minimum atomic E-state index is -0.216. The first-order valence-electron chi connectivity index (χ1n) is 5.68. The summed E-state index contributed by atoms with van der Waals surface area (Å²) in [4.78, 5) is 11.8. The van der Waals surface area contributed by atoms with Crippen LogP contribution in [-0.2, 0) is 4.79 Å². The third-order valence-corrected chi connectivity index (χ3v) is 4.21. The molecule has 1 N–H and O–H groups in total. The lowest BCUT2D eigenvalue weighted by molar-refractivity contribution is -0.118. The Morgan fingerprint density at radius 2 is 1.80 bits per heavy atom. The topological polar surface area (TPSA) is 38.3 Å². The van der Waals surface area contributed by atoms with Crippen molar-refractivity contribution in [1.82, 2.24) is 0 Å². The molecule has 0 saturated carbocycles. The molecule has 6 heteroatoms. The Morgan fingerprint density at radius 1 is 1.05 bits per heavy atom. The molecule has 0 aliphatic carbocycles. The van der Waals surface area contributed by atoms with Gasteiger partial charge in [-0.1, -0.05) is 28.1 Å². The van der Waals surface area contributed by atoms with Gasteiger partial charge in [-0.2, -0.15) is 0 Å². The van der Waals surface area contributed by atoms with Gasteiger partial charge in [0.05, 0.1) is 10.2 Å². The second-order valence-corrected chi connectivity index (χ2v) is 6.52. The van der Waals surface area contributed by atoms with Crippen LogP contribution in [0.25, 0.3) is 0 Å². The zero-order valence-corrected chi connectivity index (χ0v) is 15.0. The molecule has 0 aliphatic rings. The molecule has 20 heavy (non-hydrogen) atoms. The maximum Gasteiger partial charge on any atom is 0.262 e. The summed E-state index contributed by atoms with van der Waals surface area (Å²) in [5.74, 6) is 0.405. The van der Waals surface area contributed by atoms with Gasteiger partial charge < -0.3 is 10.1 Å². The highest BCUT2D eigenvalue weighted by Crippen LogP contribution is 2.28. The second-order valence-electron chi connectivity index (χ2n) is 3.89. The van der Waals surface area contributed by atoms with Crippen LogP contribution in [0.1, 0.15) is 0 Å². The van der Waals surface area contributed by atoms with E-state index >= 15 is 0 Å². The van der Waals surface area contributed by atoms with E-state index in [0.29, 0.717) is 5.75 Å². The molecule has 1 amide bonds. The molecule has 0 aliphatic heterocycles. The molecule has 3 nitrogen and oxygen atoms in total.